The first kappa shape index (κ1) is 11.2. The van der Waals surface area contributed by atoms with Crippen molar-refractivity contribution in [3.05, 3.63) is 11.6 Å². The van der Waals surface area contributed by atoms with Crippen molar-refractivity contribution in [1.82, 2.24) is 20.5 Å². The van der Waals surface area contributed by atoms with Crippen LogP contribution in [0.4, 0.5) is 0 Å². The van der Waals surface area contributed by atoms with Crippen molar-refractivity contribution >= 4 is 0 Å². The van der Waals surface area contributed by atoms with Crippen LogP contribution in [-0.2, 0) is 11.8 Å². The van der Waals surface area contributed by atoms with Gasteiger partial charge in [-0.1, -0.05) is 19.8 Å². The average molecular weight is 234 g/mol. The van der Waals surface area contributed by atoms with Crippen LogP contribution < -0.4 is 5.32 Å². The number of nitrogens with zero attached hydrogens (tertiary/aromatic N) is 2. The summed E-state index contributed by atoms with van der Waals surface area (Å²) in [5.74, 6) is 2.10. The number of rotatable bonds is 3. The summed E-state index contributed by atoms with van der Waals surface area (Å²) < 4.78 is 0. The first-order chi connectivity index (χ1) is 8.26. The maximum absolute atomic E-state index is 4.69. The molecule has 4 heteroatoms. The van der Waals surface area contributed by atoms with E-state index in [4.69, 9.17) is 4.98 Å². The quantitative estimate of drug-likeness (QED) is 0.840. The van der Waals surface area contributed by atoms with Gasteiger partial charge in [0.25, 0.3) is 0 Å². The molecule has 0 bridgehead atoms. The molecule has 1 saturated carbocycles. The molecule has 94 valence electrons. The van der Waals surface area contributed by atoms with Crippen molar-refractivity contribution < 1.29 is 0 Å². The van der Waals surface area contributed by atoms with Crippen LogP contribution in [0.5, 0.6) is 0 Å². The maximum atomic E-state index is 4.69. The second-order valence-corrected chi connectivity index (χ2v) is 5.87. The van der Waals surface area contributed by atoms with Gasteiger partial charge in [-0.15, -0.1) is 0 Å². The normalized spacial score (nSPS) is 27.7. The molecule has 0 spiro atoms. The third-order valence-electron chi connectivity index (χ3n) is 4.38. The number of hydrogen-bond acceptors (Lipinski definition) is 3. The Labute approximate surface area is 103 Å². The molecule has 0 aromatic carbocycles. The second kappa shape index (κ2) is 4.41. The Hall–Kier alpha value is -0.900. The van der Waals surface area contributed by atoms with Crippen molar-refractivity contribution in [3.63, 3.8) is 0 Å². The van der Waals surface area contributed by atoms with Crippen molar-refractivity contribution in [1.29, 1.82) is 0 Å². The lowest BCUT2D eigenvalue weighted by atomic mass is 9.70. The average Bonchev–Trinajstić information content (AvgIpc) is 2.76. The molecule has 0 radical (unpaired) electrons. The summed E-state index contributed by atoms with van der Waals surface area (Å²) in [5, 5.41) is 11.1. The molecular formula is C13H22N4. The number of aromatic amines is 1. The minimum Gasteiger partial charge on any atom is -0.314 e. The summed E-state index contributed by atoms with van der Waals surface area (Å²) in [6, 6.07) is 0.596. The number of aromatic nitrogens is 3. The molecule has 3 rings (SSSR count). The Morgan fingerprint density at radius 2 is 2.18 bits per heavy atom. The first-order valence-corrected chi connectivity index (χ1v) is 6.91. The summed E-state index contributed by atoms with van der Waals surface area (Å²) in [5.41, 5.74) is 0.259. The lowest BCUT2D eigenvalue weighted by Crippen LogP contribution is -2.36. The smallest absolute Gasteiger partial charge is 0.156 e. The van der Waals surface area contributed by atoms with Crippen LogP contribution in [0.15, 0.2) is 0 Å². The van der Waals surface area contributed by atoms with Gasteiger partial charge in [-0.25, -0.2) is 4.98 Å². The predicted molar refractivity (Wildman–Crippen MR) is 66.9 cm³/mol. The predicted octanol–water partition coefficient (Wildman–Crippen LogP) is 1.93. The van der Waals surface area contributed by atoms with E-state index in [1.807, 2.05) is 0 Å². The number of hydrogen-bond donors (Lipinski definition) is 2. The zero-order chi connectivity index (χ0) is 11.7. The lowest BCUT2D eigenvalue weighted by molar-refractivity contribution is 0.257. The fraction of sp³-hybridized carbons (Fsp3) is 0.846. The fourth-order valence-corrected chi connectivity index (χ4v) is 2.92. The highest BCUT2D eigenvalue weighted by atomic mass is 15.2. The zero-order valence-corrected chi connectivity index (χ0v) is 10.6. The van der Waals surface area contributed by atoms with Crippen molar-refractivity contribution in [2.24, 2.45) is 0 Å². The Kier molecular flexibility index (Phi) is 2.90. The van der Waals surface area contributed by atoms with Crippen LogP contribution in [0.3, 0.4) is 0 Å². The van der Waals surface area contributed by atoms with Crippen LogP contribution >= 0.6 is 0 Å². The molecule has 0 amide bonds. The maximum Gasteiger partial charge on any atom is 0.156 e. The molecule has 1 aromatic rings. The summed E-state index contributed by atoms with van der Waals surface area (Å²) in [4.78, 5) is 4.69. The third-order valence-corrected chi connectivity index (χ3v) is 4.38. The minimum absolute atomic E-state index is 0.259. The van der Waals surface area contributed by atoms with E-state index >= 15 is 0 Å². The van der Waals surface area contributed by atoms with E-state index in [0.29, 0.717) is 6.04 Å². The van der Waals surface area contributed by atoms with Gasteiger partial charge in [-0.05, 0) is 32.2 Å². The highest BCUT2D eigenvalue weighted by Crippen LogP contribution is 2.41. The third kappa shape index (κ3) is 2.23. The molecular weight excluding hydrogens is 212 g/mol. The fourth-order valence-electron chi connectivity index (χ4n) is 2.92. The monoisotopic (exact) mass is 234 g/mol. The van der Waals surface area contributed by atoms with Gasteiger partial charge in [-0.3, -0.25) is 5.10 Å². The number of piperidine rings is 1. The van der Waals surface area contributed by atoms with Gasteiger partial charge in [0.1, 0.15) is 5.82 Å². The SMILES string of the molecule is CC1(c2n[nH]c(CC3CCCCN3)n2)CCC1. The Balaban J connectivity index is 1.63. The van der Waals surface area contributed by atoms with E-state index in [1.165, 1.54) is 38.5 Å². The molecule has 2 N–H and O–H groups in total. The topological polar surface area (TPSA) is 53.6 Å². The zero-order valence-electron chi connectivity index (χ0n) is 10.6. The Bertz CT molecular complexity index is 375. The van der Waals surface area contributed by atoms with Gasteiger partial charge in [0.2, 0.25) is 0 Å². The van der Waals surface area contributed by atoms with Crippen molar-refractivity contribution in [3.8, 4) is 0 Å². The van der Waals surface area contributed by atoms with Gasteiger partial charge in [0.15, 0.2) is 5.82 Å². The summed E-state index contributed by atoms with van der Waals surface area (Å²) >= 11 is 0. The van der Waals surface area contributed by atoms with E-state index in [2.05, 4.69) is 22.4 Å². The van der Waals surface area contributed by atoms with Crippen molar-refractivity contribution in [2.75, 3.05) is 6.54 Å². The highest BCUT2D eigenvalue weighted by molar-refractivity contribution is 5.11. The van der Waals surface area contributed by atoms with Crippen LogP contribution in [0.1, 0.15) is 57.1 Å². The summed E-state index contributed by atoms with van der Waals surface area (Å²) in [7, 11) is 0. The van der Waals surface area contributed by atoms with Gasteiger partial charge >= 0.3 is 0 Å². The molecule has 2 heterocycles. The van der Waals surface area contributed by atoms with E-state index in [1.54, 1.807) is 0 Å². The summed E-state index contributed by atoms with van der Waals surface area (Å²) in [6.45, 7) is 3.44. The molecule has 1 atom stereocenters. The van der Waals surface area contributed by atoms with Gasteiger partial charge in [-0.2, -0.15) is 5.10 Å². The van der Waals surface area contributed by atoms with E-state index in [-0.39, 0.29) is 5.41 Å². The molecule has 2 aliphatic rings. The molecule has 4 nitrogen and oxygen atoms in total. The molecule has 1 aliphatic carbocycles. The van der Waals surface area contributed by atoms with Crippen LogP contribution in [-0.4, -0.2) is 27.8 Å². The molecule has 17 heavy (non-hydrogen) atoms. The Morgan fingerprint density at radius 1 is 1.29 bits per heavy atom. The standard InChI is InChI=1S/C13H22N4/c1-13(6-4-7-13)12-15-11(16-17-12)9-10-5-2-3-8-14-10/h10,14H,2-9H2,1H3,(H,15,16,17). The molecule has 2 fully saturated rings. The van der Waals surface area contributed by atoms with Gasteiger partial charge < -0.3 is 5.32 Å². The Morgan fingerprint density at radius 3 is 2.82 bits per heavy atom. The van der Waals surface area contributed by atoms with E-state index in [9.17, 15) is 0 Å². The van der Waals surface area contributed by atoms with Crippen LogP contribution in [0, 0.1) is 0 Å². The molecule has 1 unspecified atom stereocenters. The first-order valence-electron chi connectivity index (χ1n) is 6.91. The minimum atomic E-state index is 0.259. The lowest BCUT2D eigenvalue weighted by Gasteiger charge is -2.35. The van der Waals surface area contributed by atoms with Gasteiger partial charge in [0, 0.05) is 17.9 Å². The summed E-state index contributed by atoms with van der Waals surface area (Å²) in [6.07, 6.45) is 8.74. The van der Waals surface area contributed by atoms with E-state index in [0.717, 1.165) is 24.6 Å². The number of H-pyrrole nitrogens is 1. The van der Waals surface area contributed by atoms with Crippen LogP contribution in [0.2, 0.25) is 0 Å². The largest absolute Gasteiger partial charge is 0.314 e. The van der Waals surface area contributed by atoms with Gasteiger partial charge in [0.05, 0.1) is 0 Å². The molecule has 1 aliphatic heterocycles. The molecule has 1 saturated heterocycles. The van der Waals surface area contributed by atoms with Crippen LogP contribution in [0.25, 0.3) is 0 Å². The van der Waals surface area contributed by atoms with E-state index < -0.39 is 0 Å². The second-order valence-electron chi connectivity index (χ2n) is 5.87. The number of nitrogens with one attached hydrogen (secondary N) is 2. The molecule has 1 aromatic heterocycles. The highest BCUT2D eigenvalue weighted by Gasteiger charge is 2.37. The van der Waals surface area contributed by atoms with Crippen molar-refractivity contribution in [2.45, 2.75) is 63.3 Å².